The van der Waals surface area contributed by atoms with Crippen molar-refractivity contribution >= 4 is 35.1 Å². The lowest BCUT2D eigenvalue weighted by Gasteiger charge is -2.10. The Labute approximate surface area is 165 Å². The molecule has 0 saturated carbocycles. The molecule has 9 heteroatoms. The zero-order valence-electron chi connectivity index (χ0n) is 15.2. The number of rotatable bonds is 7. The van der Waals surface area contributed by atoms with E-state index in [1.807, 2.05) is 55.6 Å². The van der Waals surface area contributed by atoms with Crippen molar-refractivity contribution in [1.29, 1.82) is 0 Å². The molecular formula is C18H19N5O2S2. The quantitative estimate of drug-likeness (QED) is 0.607. The minimum atomic E-state index is -0.123. The number of carbonyl (C=O) groups excluding carboxylic acids is 1. The summed E-state index contributed by atoms with van der Waals surface area (Å²) in [6.07, 6.45) is 2.01. The van der Waals surface area contributed by atoms with E-state index in [0.29, 0.717) is 10.9 Å². The predicted molar refractivity (Wildman–Crippen MR) is 108 cm³/mol. The average Bonchev–Trinajstić information content (AvgIpc) is 3.15. The SMILES string of the molecule is COc1ccc(C)cc1-n1nnnc1SCC(=O)Nc1ccc(SC)cc1. The van der Waals surface area contributed by atoms with Gasteiger partial charge in [-0.05, 0) is 65.6 Å². The van der Waals surface area contributed by atoms with Gasteiger partial charge in [0.2, 0.25) is 11.1 Å². The van der Waals surface area contributed by atoms with Gasteiger partial charge in [0.05, 0.1) is 12.9 Å². The Morgan fingerprint density at radius 2 is 2.00 bits per heavy atom. The highest BCUT2D eigenvalue weighted by Gasteiger charge is 2.15. The van der Waals surface area contributed by atoms with Gasteiger partial charge in [-0.15, -0.1) is 16.9 Å². The summed E-state index contributed by atoms with van der Waals surface area (Å²) in [7, 11) is 1.60. The number of nitrogens with one attached hydrogen (secondary N) is 1. The largest absolute Gasteiger partial charge is 0.494 e. The first-order valence-electron chi connectivity index (χ1n) is 8.11. The third kappa shape index (κ3) is 4.81. The minimum Gasteiger partial charge on any atom is -0.494 e. The fraction of sp³-hybridized carbons (Fsp3) is 0.222. The second kappa shape index (κ2) is 8.92. The first-order valence-corrected chi connectivity index (χ1v) is 10.3. The lowest BCUT2D eigenvalue weighted by Crippen LogP contribution is -2.14. The number of nitrogens with zero attached hydrogens (tertiary/aromatic N) is 4. The Morgan fingerprint density at radius 3 is 2.70 bits per heavy atom. The van der Waals surface area contributed by atoms with Crippen molar-refractivity contribution < 1.29 is 9.53 Å². The number of amides is 1. The van der Waals surface area contributed by atoms with Gasteiger partial charge in [-0.1, -0.05) is 17.8 Å². The first-order chi connectivity index (χ1) is 13.1. The molecule has 0 bridgehead atoms. The van der Waals surface area contributed by atoms with Gasteiger partial charge in [-0.25, -0.2) is 0 Å². The first kappa shape index (κ1) is 19.2. The van der Waals surface area contributed by atoms with Gasteiger partial charge in [0.25, 0.3) is 0 Å². The number of tetrazole rings is 1. The summed E-state index contributed by atoms with van der Waals surface area (Å²) < 4.78 is 6.98. The van der Waals surface area contributed by atoms with E-state index < -0.39 is 0 Å². The standard InChI is InChI=1S/C18H19N5O2S2/c1-12-4-9-16(25-2)15(10-12)23-18(20-21-22-23)27-11-17(24)19-13-5-7-14(26-3)8-6-13/h4-10H,11H2,1-3H3,(H,19,24). The van der Waals surface area contributed by atoms with Gasteiger partial charge in [0.1, 0.15) is 11.4 Å². The summed E-state index contributed by atoms with van der Waals surface area (Å²) in [4.78, 5) is 13.4. The Bertz CT molecular complexity index is 928. The number of thioether (sulfide) groups is 2. The van der Waals surface area contributed by atoms with Crippen LogP contribution in [0.5, 0.6) is 5.75 Å². The van der Waals surface area contributed by atoms with Crippen LogP contribution in [-0.4, -0.2) is 45.2 Å². The zero-order valence-corrected chi connectivity index (χ0v) is 16.8. The molecule has 0 atom stereocenters. The van der Waals surface area contributed by atoms with Crippen LogP contribution in [0, 0.1) is 6.92 Å². The maximum atomic E-state index is 12.2. The van der Waals surface area contributed by atoms with E-state index in [1.54, 1.807) is 23.6 Å². The number of ether oxygens (including phenoxy) is 1. The van der Waals surface area contributed by atoms with Crippen molar-refractivity contribution in [2.75, 3.05) is 24.4 Å². The Hall–Kier alpha value is -2.52. The molecule has 2 aromatic carbocycles. The normalized spacial score (nSPS) is 10.6. The number of hydrogen-bond donors (Lipinski definition) is 1. The highest BCUT2D eigenvalue weighted by Crippen LogP contribution is 2.27. The summed E-state index contributed by atoms with van der Waals surface area (Å²) in [6, 6.07) is 13.5. The molecule has 1 amide bonds. The molecule has 0 aliphatic carbocycles. The molecule has 7 nitrogen and oxygen atoms in total. The summed E-state index contributed by atoms with van der Waals surface area (Å²) in [5, 5.41) is 15.2. The molecule has 0 saturated heterocycles. The molecule has 1 heterocycles. The lowest BCUT2D eigenvalue weighted by molar-refractivity contribution is -0.113. The van der Waals surface area contributed by atoms with Crippen LogP contribution in [-0.2, 0) is 4.79 Å². The topological polar surface area (TPSA) is 81.9 Å². The van der Waals surface area contributed by atoms with Gasteiger partial charge in [0, 0.05) is 10.6 Å². The molecular weight excluding hydrogens is 382 g/mol. The van der Waals surface area contributed by atoms with Crippen LogP contribution in [0.3, 0.4) is 0 Å². The molecule has 0 spiro atoms. The molecule has 0 unspecified atom stereocenters. The number of hydrogen-bond acceptors (Lipinski definition) is 7. The van der Waals surface area contributed by atoms with Crippen LogP contribution in [0.15, 0.2) is 52.5 Å². The number of benzene rings is 2. The molecule has 1 aromatic heterocycles. The molecule has 140 valence electrons. The van der Waals surface area contributed by atoms with Gasteiger partial charge >= 0.3 is 0 Å². The van der Waals surface area contributed by atoms with Crippen LogP contribution in [0.2, 0.25) is 0 Å². The molecule has 0 fully saturated rings. The monoisotopic (exact) mass is 401 g/mol. The molecule has 1 N–H and O–H groups in total. The van der Waals surface area contributed by atoms with Crippen molar-refractivity contribution in [3.63, 3.8) is 0 Å². The van der Waals surface area contributed by atoms with E-state index in [0.717, 1.165) is 21.8 Å². The zero-order chi connectivity index (χ0) is 19.2. The second-order valence-electron chi connectivity index (χ2n) is 5.61. The van der Waals surface area contributed by atoms with Gasteiger partial charge in [-0.2, -0.15) is 4.68 Å². The predicted octanol–water partition coefficient (Wildman–Crippen LogP) is 3.43. The summed E-state index contributed by atoms with van der Waals surface area (Å²) in [6.45, 7) is 1.98. The van der Waals surface area contributed by atoms with Gasteiger partial charge in [0.15, 0.2) is 0 Å². The number of aryl methyl sites for hydroxylation is 1. The molecule has 0 aliphatic rings. The Morgan fingerprint density at radius 1 is 1.22 bits per heavy atom. The maximum Gasteiger partial charge on any atom is 0.234 e. The third-order valence-electron chi connectivity index (χ3n) is 3.71. The van der Waals surface area contributed by atoms with Crippen molar-refractivity contribution in [3.05, 3.63) is 48.0 Å². The molecule has 0 aliphatic heterocycles. The summed E-state index contributed by atoms with van der Waals surface area (Å²) >= 11 is 2.92. The fourth-order valence-electron chi connectivity index (χ4n) is 2.39. The van der Waals surface area contributed by atoms with Gasteiger partial charge in [-0.3, -0.25) is 4.79 Å². The molecule has 3 aromatic rings. The molecule has 27 heavy (non-hydrogen) atoms. The summed E-state index contributed by atoms with van der Waals surface area (Å²) in [5.41, 5.74) is 2.56. The molecule has 3 rings (SSSR count). The van der Waals surface area contributed by atoms with E-state index in [-0.39, 0.29) is 11.7 Å². The van der Waals surface area contributed by atoms with Crippen molar-refractivity contribution in [1.82, 2.24) is 20.2 Å². The molecule has 0 radical (unpaired) electrons. The highest BCUT2D eigenvalue weighted by molar-refractivity contribution is 7.99. The minimum absolute atomic E-state index is 0.123. The van der Waals surface area contributed by atoms with Crippen molar-refractivity contribution in [2.24, 2.45) is 0 Å². The van der Waals surface area contributed by atoms with E-state index in [4.69, 9.17) is 4.74 Å². The summed E-state index contributed by atoms with van der Waals surface area (Å²) in [5.74, 6) is 0.731. The van der Waals surface area contributed by atoms with E-state index in [1.165, 1.54) is 11.8 Å². The number of anilines is 1. The van der Waals surface area contributed by atoms with Gasteiger partial charge < -0.3 is 10.1 Å². The van der Waals surface area contributed by atoms with E-state index in [9.17, 15) is 4.79 Å². The van der Waals surface area contributed by atoms with E-state index in [2.05, 4.69) is 20.8 Å². The van der Waals surface area contributed by atoms with Crippen molar-refractivity contribution in [3.8, 4) is 11.4 Å². The smallest absolute Gasteiger partial charge is 0.234 e. The second-order valence-corrected chi connectivity index (χ2v) is 7.44. The lowest BCUT2D eigenvalue weighted by atomic mass is 10.2. The highest BCUT2D eigenvalue weighted by atomic mass is 32.2. The Balaban J connectivity index is 1.68. The van der Waals surface area contributed by atoms with Crippen LogP contribution in [0.25, 0.3) is 5.69 Å². The van der Waals surface area contributed by atoms with E-state index >= 15 is 0 Å². The maximum absolute atomic E-state index is 12.2. The average molecular weight is 402 g/mol. The van der Waals surface area contributed by atoms with Crippen LogP contribution in [0.4, 0.5) is 5.69 Å². The Kier molecular flexibility index (Phi) is 6.36. The van der Waals surface area contributed by atoms with Crippen molar-refractivity contribution in [2.45, 2.75) is 17.0 Å². The fourth-order valence-corrected chi connectivity index (χ4v) is 3.48. The van der Waals surface area contributed by atoms with Crippen LogP contribution < -0.4 is 10.1 Å². The number of carbonyl (C=O) groups is 1. The third-order valence-corrected chi connectivity index (χ3v) is 5.37. The van der Waals surface area contributed by atoms with Crippen LogP contribution in [0.1, 0.15) is 5.56 Å². The number of aromatic nitrogens is 4. The number of methoxy groups -OCH3 is 1. The van der Waals surface area contributed by atoms with Crippen LogP contribution >= 0.6 is 23.5 Å².